The maximum Gasteiger partial charge on any atom is 0.148 e. The summed E-state index contributed by atoms with van der Waals surface area (Å²) in [6, 6.07) is 11.3. The van der Waals surface area contributed by atoms with Crippen LogP contribution in [-0.2, 0) is 6.42 Å². The average molecular weight is 358 g/mol. The van der Waals surface area contributed by atoms with E-state index in [0.29, 0.717) is 17.3 Å². The Labute approximate surface area is 131 Å². The van der Waals surface area contributed by atoms with Crippen molar-refractivity contribution in [2.45, 2.75) is 25.9 Å². The molecule has 0 aliphatic heterocycles. The largest absolute Gasteiger partial charge is 0.388 e. The van der Waals surface area contributed by atoms with Gasteiger partial charge in [0.1, 0.15) is 5.82 Å². The summed E-state index contributed by atoms with van der Waals surface area (Å²) < 4.78 is 14.5. The average Bonchev–Trinajstić information content (AvgIpc) is 2.42. The van der Waals surface area contributed by atoms with Gasteiger partial charge in [0.2, 0.25) is 0 Å². The molecular weight excluding hydrogens is 343 g/mol. The Hall–Kier alpha value is -0.900. The molecule has 2 aromatic carbocycles. The summed E-state index contributed by atoms with van der Waals surface area (Å²) in [7, 11) is 0. The first kappa shape index (κ1) is 15.5. The van der Waals surface area contributed by atoms with E-state index < -0.39 is 11.9 Å². The number of hydrogen-bond donors (Lipinski definition) is 1. The zero-order valence-corrected chi connectivity index (χ0v) is 13.4. The van der Waals surface area contributed by atoms with Gasteiger partial charge in [0.25, 0.3) is 0 Å². The summed E-state index contributed by atoms with van der Waals surface area (Å²) >= 11 is 8.99. The van der Waals surface area contributed by atoms with Crippen molar-refractivity contribution in [3.8, 4) is 0 Å². The highest BCUT2D eigenvalue weighted by molar-refractivity contribution is 9.10. The second-order valence-corrected chi connectivity index (χ2v) is 6.04. The highest BCUT2D eigenvalue weighted by Gasteiger charge is 2.17. The van der Waals surface area contributed by atoms with Gasteiger partial charge in [-0.25, -0.2) is 4.39 Å². The molecule has 0 aromatic heterocycles. The van der Waals surface area contributed by atoms with Crippen LogP contribution in [0.15, 0.2) is 40.9 Å². The Bertz CT molecular complexity index is 615. The van der Waals surface area contributed by atoms with Gasteiger partial charge in [-0.2, -0.15) is 0 Å². The molecule has 0 aliphatic rings. The first-order valence-electron chi connectivity index (χ1n) is 6.36. The van der Waals surface area contributed by atoms with E-state index in [1.807, 2.05) is 25.1 Å². The minimum absolute atomic E-state index is 0.0112. The Morgan fingerprint density at radius 2 is 2.05 bits per heavy atom. The summed E-state index contributed by atoms with van der Waals surface area (Å²) in [5.41, 5.74) is 2.55. The minimum atomic E-state index is -0.860. The fraction of sp³-hybridized carbons (Fsp3) is 0.250. The molecule has 0 fully saturated rings. The third-order valence-electron chi connectivity index (χ3n) is 3.21. The molecule has 0 spiro atoms. The molecule has 1 N–H and O–H groups in total. The van der Waals surface area contributed by atoms with Crippen LogP contribution < -0.4 is 0 Å². The van der Waals surface area contributed by atoms with Gasteiger partial charge in [0.05, 0.1) is 11.1 Å². The predicted octanol–water partition coefficient (Wildman–Crippen LogP) is 5.22. The van der Waals surface area contributed by atoms with E-state index in [1.165, 1.54) is 5.56 Å². The van der Waals surface area contributed by atoms with Crippen molar-refractivity contribution in [3.63, 3.8) is 0 Å². The van der Waals surface area contributed by atoms with Crippen molar-refractivity contribution in [3.05, 3.63) is 68.4 Å². The lowest BCUT2D eigenvalue weighted by Crippen LogP contribution is -2.03. The molecule has 0 aliphatic carbocycles. The zero-order chi connectivity index (χ0) is 14.7. The van der Waals surface area contributed by atoms with Crippen LogP contribution in [0.3, 0.4) is 0 Å². The van der Waals surface area contributed by atoms with Crippen LogP contribution in [0, 0.1) is 12.7 Å². The fourth-order valence-corrected chi connectivity index (χ4v) is 2.60. The second kappa shape index (κ2) is 6.70. The number of hydrogen-bond acceptors (Lipinski definition) is 1. The molecule has 0 bridgehead atoms. The third kappa shape index (κ3) is 3.60. The van der Waals surface area contributed by atoms with Crippen molar-refractivity contribution in [2.75, 3.05) is 0 Å². The van der Waals surface area contributed by atoms with Crippen LogP contribution in [0.5, 0.6) is 0 Å². The number of aliphatic hydroxyl groups excluding tert-OH is 1. The van der Waals surface area contributed by atoms with E-state index in [-0.39, 0.29) is 10.6 Å². The van der Waals surface area contributed by atoms with E-state index in [4.69, 9.17) is 11.6 Å². The lowest BCUT2D eigenvalue weighted by Gasteiger charge is -2.13. The van der Waals surface area contributed by atoms with Crippen molar-refractivity contribution in [2.24, 2.45) is 0 Å². The highest BCUT2D eigenvalue weighted by atomic mass is 79.9. The van der Waals surface area contributed by atoms with E-state index in [1.54, 1.807) is 12.1 Å². The monoisotopic (exact) mass is 356 g/mol. The molecule has 0 radical (unpaired) electrons. The molecule has 106 valence electrons. The number of aliphatic hydroxyl groups is 1. The lowest BCUT2D eigenvalue weighted by molar-refractivity contribution is 0.163. The van der Waals surface area contributed by atoms with E-state index >= 15 is 0 Å². The number of rotatable bonds is 4. The maximum absolute atomic E-state index is 14.0. The topological polar surface area (TPSA) is 20.2 Å². The Morgan fingerprint density at radius 3 is 2.75 bits per heavy atom. The summed E-state index contributed by atoms with van der Waals surface area (Å²) in [4.78, 5) is 0. The van der Waals surface area contributed by atoms with Gasteiger partial charge in [-0.3, -0.25) is 0 Å². The highest BCUT2D eigenvalue weighted by Crippen LogP contribution is 2.31. The van der Waals surface area contributed by atoms with Crippen LogP contribution >= 0.6 is 27.5 Å². The second-order valence-electron chi connectivity index (χ2n) is 4.81. The zero-order valence-electron chi connectivity index (χ0n) is 11.0. The van der Waals surface area contributed by atoms with Gasteiger partial charge in [0, 0.05) is 10.0 Å². The smallest absolute Gasteiger partial charge is 0.148 e. The molecule has 2 aromatic rings. The minimum Gasteiger partial charge on any atom is -0.388 e. The normalized spacial score (nSPS) is 12.4. The van der Waals surface area contributed by atoms with Crippen molar-refractivity contribution < 1.29 is 9.50 Å². The molecule has 20 heavy (non-hydrogen) atoms. The molecule has 2 rings (SSSR count). The standard InChI is InChI=1S/C16H15BrClFO/c1-10-3-2-4-11(9-10)5-8-14(20)12-6-7-13(17)15(18)16(12)19/h2-4,6-7,9,14,20H,5,8H2,1H3. The van der Waals surface area contributed by atoms with Gasteiger partial charge < -0.3 is 5.11 Å². The van der Waals surface area contributed by atoms with Gasteiger partial charge in [-0.1, -0.05) is 47.5 Å². The quantitative estimate of drug-likeness (QED) is 0.744. The Balaban J connectivity index is 2.09. The molecule has 0 saturated carbocycles. The molecule has 4 heteroatoms. The van der Waals surface area contributed by atoms with Crippen LogP contribution in [0.25, 0.3) is 0 Å². The van der Waals surface area contributed by atoms with Crippen molar-refractivity contribution in [1.82, 2.24) is 0 Å². The predicted molar refractivity (Wildman–Crippen MR) is 83.6 cm³/mol. The van der Waals surface area contributed by atoms with Crippen molar-refractivity contribution >= 4 is 27.5 Å². The molecule has 0 saturated heterocycles. The van der Waals surface area contributed by atoms with Gasteiger partial charge in [-0.15, -0.1) is 0 Å². The van der Waals surface area contributed by atoms with Crippen LogP contribution in [0.4, 0.5) is 4.39 Å². The summed E-state index contributed by atoms with van der Waals surface area (Å²) in [6.07, 6.45) is 0.287. The summed E-state index contributed by atoms with van der Waals surface area (Å²) in [5, 5.41) is 10.1. The molecule has 1 unspecified atom stereocenters. The summed E-state index contributed by atoms with van der Waals surface area (Å²) in [5.74, 6) is -0.558. The lowest BCUT2D eigenvalue weighted by atomic mass is 10.00. The molecule has 1 nitrogen and oxygen atoms in total. The molecule has 0 amide bonds. The van der Waals surface area contributed by atoms with Crippen LogP contribution in [-0.4, -0.2) is 5.11 Å². The number of halogens is 3. The van der Waals surface area contributed by atoms with E-state index in [2.05, 4.69) is 22.0 Å². The molecular formula is C16H15BrClFO. The Morgan fingerprint density at radius 1 is 1.30 bits per heavy atom. The SMILES string of the molecule is Cc1cccc(CCC(O)c2ccc(Br)c(Cl)c2F)c1. The molecule has 0 heterocycles. The van der Waals surface area contributed by atoms with Crippen molar-refractivity contribution in [1.29, 1.82) is 0 Å². The number of benzene rings is 2. The van der Waals surface area contributed by atoms with Crippen LogP contribution in [0.1, 0.15) is 29.2 Å². The summed E-state index contributed by atoms with van der Waals surface area (Å²) in [6.45, 7) is 2.02. The van der Waals surface area contributed by atoms with Gasteiger partial charge in [-0.05, 0) is 47.3 Å². The first-order valence-corrected chi connectivity index (χ1v) is 7.53. The maximum atomic E-state index is 14.0. The van der Waals surface area contributed by atoms with Gasteiger partial charge >= 0.3 is 0 Å². The van der Waals surface area contributed by atoms with Gasteiger partial charge in [0.15, 0.2) is 0 Å². The first-order chi connectivity index (χ1) is 9.49. The Kier molecular flexibility index (Phi) is 5.19. The molecule has 1 atom stereocenters. The number of aryl methyl sites for hydroxylation is 2. The van der Waals surface area contributed by atoms with Crippen LogP contribution in [0.2, 0.25) is 5.02 Å². The third-order valence-corrected chi connectivity index (χ3v) is 4.47. The van der Waals surface area contributed by atoms with E-state index in [9.17, 15) is 9.50 Å². The fourth-order valence-electron chi connectivity index (χ4n) is 2.12. The van der Waals surface area contributed by atoms with E-state index in [0.717, 1.165) is 5.56 Å².